The zero-order chi connectivity index (χ0) is 18.5. The minimum absolute atomic E-state index is 0.183. The van der Waals surface area contributed by atoms with E-state index in [1.54, 1.807) is 26.8 Å². The summed E-state index contributed by atoms with van der Waals surface area (Å²) in [5.74, 6) is -0.316. The van der Waals surface area contributed by atoms with Gasteiger partial charge in [0.1, 0.15) is 17.0 Å². The molecule has 0 saturated carbocycles. The lowest BCUT2D eigenvalue weighted by atomic mass is 10.2. The molecule has 1 aromatic rings. The summed E-state index contributed by atoms with van der Waals surface area (Å²) >= 11 is 2.02. The first-order valence-electron chi connectivity index (χ1n) is 7.44. The van der Waals surface area contributed by atoms with Gasteiger partial charge in [-0.2, -0.15) is 0 Å². The van der Waals surface area contributed by atoms with Crippen molar-refractivity contribution in [2.45, 2.75) is 59.3 Å². The highest BCUT2D eigenvalue weighted by Crippen LogP contribution is 2.17. The Labute approximate surface area is 155 Å². The molecule has 0 heterocycles. The smallest absolute Gasteiger partial charge is 0.445 e. The molecule has 1 rings (SSSR count). The first-order valence-corrected chi connectivity index (χ1v) is 8.52. The number of carbonyl (C=O) groups is 1. The molecule has 0 aromatic heterocycles. The lowest BCUT2D eigenvalue weighted by molar-refractivity contribution is -0.00128. The predicted molar refractivity (Wildman–Crippen MR) is 98.4 cm³/mol. The average Bonchev–Trinajstić information content (AvgIpc) is 2.33. The molecule has 0 fully saturated rings. The molecule has 0 aliphatic rings. The summed E-state index contributed by atoms with van der Waals surface area (Å²) in [4.78, 5) is 16.0. The summed E-state index contributed by atoms with van der Waals surface area (Å²) in [5, 5.41) is 0. The third-order valence-electron chi connectivity index (χ3n) is 2.35. The van der Waals surface area contributed by atoms with Crippen LogP contribution >= 0.6 is 22.6 Å². The van der Waals surface area contributed by atoms with Crippen molar-refractivity contribution in [1.29, 1.82) is 0 Å². The summed E-state index contributed by atoms with van der Waals surface area (Å²) in [6, 6.07) is 4.39. The summed E-state index contributed by atoms with van der Waals surface area (Å²) in [5.41, 5.74) is -0.493. The maximum Gasteiger partial charge on any atom is 0.517 e. The van der Waals surface area contributed by atoms with Crippen LogP contribution in [0.5, 0.6) is 0 Å². The Morgan fingerprint density at radius 1 is 1.12 bits per heavy atom. The Morgan fingerprint density at radius 3 is 2.21 bits per heavy atom. The largest absolute Gasteiger partial charge is 0.517 e. The second kappa shape index (κ2) is 8.13. The molecule has 134 valence electrons. The van der Waals surface area contributed by atoms with Crippen molar-refractivity contribution in [3.05, 3.63) is 33.1 Å². The van der Waals surface area contributed by atoms with Crippen molar-refractivity contribution in [2.24, 2.45) is 4.99 Å². The van der Waals surface area contributed by atoms with E-state index < -0.39 is 17.4 Å². The molecular formula is C17H23FINO4. The van der Waals surface area contributed by atoms with Gasteiger partial charge in [-0.05, 0) is 81.8 Å². The summed E-state index contributed by atoms with van der Waals surface area (Å²) in [6.07, 6.45) is -1.07. The van der Waals surface area contributed by atoms with Crippen LogP contribution in [0.25, 0.3) is 0 Å². The van der Waals surface area contributed by atoms with Gasteiger partial charge in [-0.25, -0.2) is 14.2 Å². The fourth-order valence-corrected chi connectivity index (χ4v) is 2.14. The number of carbonyl (C=O) groups excluding carboxylic acids is 1. The number of rotatable bonds is 2. The van der Waals surface area contributed by atoms with Crippen molar-refractivity contribution >= 4 is 34.8 Å². The van der Waals surface area contributed by atoms with Crippen LogP contribution in [0.15, 0.2) is 23.2 Å². The zero-order valence-corrected chi connectivity index (χ0v) is 16.9. The Kier molecular flexibility index (Phi) is 7.00. The van der Waals surface area contributed by atoms with Gasteiger partial charge in [0, 0.05) is 3.57 Å². The van der Waals surface area contributed by atoms with E-state index in [9.17, 15) is 9.18 Å². The van der Waals surface area contributed by atoms with Crippen LogP contribution in [0.1, 0.15) is 47.1 Å². The molecule has 0 amide bonds. The van der Waals surface area contributed by atoms with Crippen LogP contribution in [0.4, 0.5) is 9.18 Å². The van der Waals surface area contributed by atoms with E-state index in [-0.39, 0.29) is 18.4 Å². The van der Waals surface area contributed by atoms with E-state index in [1.165, 1.54) is 12.1 Å². The van der Waals surface area contributed by atoms with E-state index in [2.05, 4.69) is 4.99 Å². The Morgan fingerprint density at radius 2 is 1.71 bits per heavy atom. The van der Waals surface area contributed by atoms with Gasteiger partial charge >= 0.3 is 12.2 Å². The molecule has 0 radical (unpaired) electrons. The van der Waals surface area contributed by atoms with Crippen LogP contribution in [0.2, 0.25) is 0 Å². The maximum atomic E-state index is 13.1. The zero-order valence-electron chi connectivity index (χ0n) is 14.8. The maximum absolute atomic E-state index is 13.1. The SMILES string of the molecule is CC(C)(C)OC(=O)O/C(=N/Cc1ccc(F)cc1I)OC(C)(C)C. The van der Waals surface area contributed by atoms with E-state index in [0.717, 1.165) is 9.13 Å². The number of ether oxygens (including phenoxy) is 3. The molecule has 0 N–H and O–H groups in total. The van der Waals surface area contributed by atoms with Crippen molar-refractivity contribution < 1.29 is 23.4 Å². The normalized spacial score (nSPS) is 12.8. The van der Waals surface area contributed by atoms with Crippen LogP contribution in [-0.4, -0.2) is 23.4 Å². The monoisotopic (exact) mass is 451 g/mol. The first kappa shape index (κ1) is 20.7. The molecular weight excluding hydrogens is 428 g/mol. The van der Waals surface area contributed by atoms with Crippen LogP contribution in [-0.2, 0) is 20.8 Å². The highest BCUT2D eigenvalue weighted by Gasteiger charge is 2.23. The third-order valence-corrected chi connectivity index (χ3v) is 3.35. The number of benzene rings is 1. The lowest BCUT2D eigenvalue weighted by Crippen LogP contribution is -2.30. The average molecular weight is 451 g/mol. The lowest BCUT2D eigenvalue weighted by Gasteiger charge is -2.23. The molecule has 0 aliphatic heterocycles. The molecule has 0 saturated heterocycles. The standard InChI is InChI=1S/C17H23FINO4/c1-16(2,3)23-14(22-15(21)24-17(4,5)6)20-10-11-7-8-12(18)9-13(11)19/h7-9H,10H2,1-6H3/b20-14-. The number of hydrogen-bond acceptors (Lipinski definition) is 5. The minimum atomic E-state index is -0.890. The van der Waals surface area contributed by atoms with E-state index >= 15 is 0 Å². The minimum Gasteiger partial charge on any atom is -0.445 e. The Hall–Kier alpha value is -1.38. The Balaban J connectivity index is 2.90. The van der Waals surface area contributed by atoms with Crippen molar-refractivity contribution in [1.82, 2.24) is 0 Å². The molecule has 0 atom stereocenters. The van der Waals surface area contributed by atoms with E-state index in [1.807, 2.05) is 43.4 Å². The number of hydrogen-bond donors (Lipinski definition) is 0. The molecule has 7 heteroatoms. The van der Waals surface area contributed by atoms with Gasteiger partial charge in [0.25, 0.3) is 0 Å². The number of halogens is 2. The number of aliphatic imine (C=N–C) groups is 1. The molecule has 0 spiro atoms. The second-order valence-corrected chi connectivity index (χ2v) is 8.26. The van der Waals surface area contributed by atoms with Gasteiger partial charge in [0.05, 0.1) is 6.54 Å². The third kappa shape index (κ3) is 8.47. The molecule has 0 aliphatic carbocycles. The fourth-order valence-electron chi connectivity index (χ4n) is 1.49. The van der Waals surface area contributed by atoms with Gasteiger partial charge in [-0.3, -0.25) is 0 Å². The first-order chi connectivity index (χ1) is 10.9. The summed E-state index contributed by atoms with van der Waals surface area (Å²) < 4.78 is 29.6. The fraction of sp³-hybridized carbons (Fsp3) is 0.529. The van der Waals surface area contributed by atoms with Gasteiger partial charge in [-0.15, -0.1) is 0 Å². The van der Waals surface area contributed by atoms with Crippen LogP contribution in [0.3, 0.4) is 0 Å². The molecule has 0 unspecified atom stereocenters. The van der Waals surface area contributed by atoms with E-state index in [4.69, 9.17) is 14.2 Å². The summed E-state index contributed by atoms with van der Waals surface area (Å²) in [7, 11) is 0. The van der Waals surface area contributed by atoms with Crippen molar-refractivity contribution in [3.8, 4) is 0 Å². The Bertz CT molecular complexity index is 618. The van der Waals surface area contributed by atoms with Crippen LogP contribution in [0, 0.1) is 9.39 Å². The number of nitrogens with zero attached hydrogens (tertiary/aromatic N) is 1. The van der Waals surface area contributed by atoms with E-state index in [0.29, 0.717) is 0 Å². The van der Waals surface area contributed by atoms with Gasteiger partial charge in [0.2, 0.25) is 0 Å². The van der Waals surface area contributed by atoms with Gasteiger partial charge in [0.15, 0.2) is 0 Å². The molecule has 0 bridgehead atoms. The molecule has 5 nitrogen and oxygen atoms in total. The van der Waals surface area contributed by atoms with Crippen molar-refractivity contribution in [2.75, 3.05) is 0 Å². The highest BCUT2D eigenvalue weighted by atomic mass is 127. The second-order valence-electron chi connectivity index (χ2n) is 7.10. The van der Waals surface area contributed by atoms with Crippen molar-refractivity contribution in [3.63, 3.8) is 0 Å². The predicted octanol–water partition coefficient (Wildman–Crippen LogP) is 5.05. The van der Waals surface area contributed by atoms with Gasteiger partial charge in [-0.1, -0.05) is 6.07 Å². The molecule has 24 heavy (non-hydrogen) atoms. The summed E-state index contributed by atoms with van der Waals surface area (Å²) in [6.45, 7) is 10.8. The molecule has 1 aromatic carbocycles. The van der Waals surface area contributed by atoms with Gasteiger partial charge < -0.3 is 14.2 Å². The highest BCUT2D eigenvalue weighted by molar-refractivity contribution is 14.1. The van der Waals surface area contributed by atoms with Crippen LogP contribution < -0.4 is 0 Å². The topological polar surface area (TPSA) is 57.1 Å². The quantitative estimate of drug-likeness (QED) is 0.273.